The molecule has 0 amide bonds. The molecule has 136 valence electrons. The minimum absolute atomic E-state index is 0.102. The van der Waals surface area contributed by atoms with Crippen molar-refractivity contribution in [2.45, 2.75) is 31.6 Å². The monoisotopic (exact) mass is 385 g/mol. The molecule has 1 fully saturated rings. The van der Waals surface area contributed by atoms with Gasteiger partial charge in [0, 0.05) is 24.0 Å². The Kier molecular flexibility index (Phi) is 5.43. The molecule has 2 heterocycles. The van der Waals surface area contributed by atoms with E-state index in [-0.39, 0.29) is 31.4 Å². The van der Waals surface area contributed by atoms with Gasteiger partial charge in [-0.3, -0.25) is 0 Å². The Bertz CT molecular complexity index is 837. The highest BCUT2D eigenvalue weighted by Crippen LogP contribution is 2.26. The van der Waals surface area contributed by atoms with E-state index in [1.165, 1.54) is 4.31 Å². The van der Waals surface area contributed by atoms with Gasteiger partial charge in [0.15, 0.2) is 0 Å². The lowest BCUT2D eigenvalue weighted by Crippen LogP contribution is -2.43. The van der Waals surface area contributed by atoms with E-state index in [4.69, 9.17) is 20.9 Å². The van der Waals surface area contributed by atoms with E-state index in [9.17, 15) is 8.42 Å². The zero-order valence-electron chi connectivity index (χ0n) is 14.1. The van der Waals surface area contributed by atoms with Gasteiger partial charge in [0.25, 0.3) is 0 Å². The number of benzene rings is 1. The maximum atomic E-state index is 12.7. The highest BCUT2D eigenvalue weighted by molar-refractivity contribution is 7.88. The van der Waals surface area contributed by atoms with Crippen molar-refractivity contribution in [3.8, 4) is 0 Å². The first-order valence-electron chi connectivity index (χ1n) is 8.03. The molecule has 1 atom stereocenters. The van der Waals surface area contributed by atoms with Crippen LogP contribution in [0.15, 0.2) is 28.8 Å². The molecule has 0 N–H and O–H groups in total. The van der Waals surface area contributed by atoms with Crippen LogP contribution in [0.2, 0.25) is 5.02 Å². The lowest BCUT2D eigenvalue weighted by molar-refractivity contribution is -0.00863. The summed E-state index contributed by atoms with van der Waals surface area (Å²) < 4.78 is 37.7. The zero-order valence-corrected chi connectivity index (χ0v) is 15.6. The van der Waals surface area contributed by atoms with Crippen LogP contribution in [-0.4, -0.2) is 42.6 Å². The lowest BCUT2D eigenvalue weighted by Gasteiger charge is -2.30. The predicted octanol–water partition coefficient (Wildman–Crippen LogP) is 2.75. The summed E-state index contributed by atoms with van der Waals surface area (Å²) in [6.07, 6.45) is -0.536. The van der Waals surface area contributed by atoms with Crippen LogP contribution in [-0.2, 0) is 20.5 Å². The molecule has 9 heteroatoms. The Balaban J connectivity index is 1.74. The highest BCUT2D eigenvalue weighted by Gasteiger charge is 2.33. The van der Waals surface area contributed by atoms with Crippen molar-refractivity contribution in [3.05, 3.63) is 46.6 Å². The average molecular weight is 386 g/mol. The topological polar surface area (TPSA) is 85.5 Å². The van der Waals surface area contributed by atoms with E-state index < -0.39 is 16.1 Å². The van der Waals surface area contributed by atoms with Gasteiger partial charge in [-0.2, -0.15) is 9.29 Å². The van der Waals surface area contributed by atoms with Crippen LogP contribution in [0.25, 0.3) is 0 Å². The van der Waals surface area contributed by atoms with E-state index in [0.717, 1.165) is 0 Å². The van der Waals surface area contributed by atoms with E-state index in [0.29, 0.717) is 22.3 Å². The van der Waals surface area contributed by atoms with Crippen molar-refractivity contribution in [2.24, 2.45) is 0 Å². The third kappa shape index (κ3) is 4.20. The van der Waals surface area contributed by atoms with E-state index in [2.05, 4.69) is 10.1 Å². The zero-order chi connectivity index (χ0) is 18.0. The van der Waals surface area contributed by atoms with Crippen molar-refractivity contribution < 1.29 is 17.7 Å². The first-order chi connectivity index (χ1) is 11.9. The van der Waals surface area contributed by atoms with Crippen LogP contribution >= 0.6 is 11.6 Å². The average Bonchev–Trinajstić information content (AvgIpc) is 3.07. The molecule has 2 aromatic rings. The molecule has 1 aliphatic rings. The van der Waals surface area contributed by atoms with Gasteiger partial charge in [-0.25, -0.2) is 8.42 Å². The second-order valence-corrected chi connectivity index (χ2v) is 8.59. The molecule has 25 heavy (non-hydrogen) atoms. The molecule has 1 aliphatic heterocycles. The fourth-order valence-electron chi connectivity index (χ4n) is 2.55. The molecule has 7 nitrogen and oxygen atoms in total. The second kappa shape index (κ2) is 7.41. The highest BCUT2D eigenvalue weighted by atomic mass is 35.5. The van der Waals surface area contributed by atoms with Crippen LogP contribution in [0.5, 0.6) is 0 Å². The molecule has 0 unspecified atom stereocenters. The molecule has 1 aromatic carbocycles. The number of morpholine rings is 1. The predicted molar refractivity (Wildman–Crippen MR) is 92.7 cm³/mol. The van der Waals surface area contributed by atoms with E-state index >= 15 is 0 Å². The molecule has 1 aromatic heterocycles. The molecule has 1 saturated heterocycles. The van der Waals surface area contributed by atoms with Gasteiger partial charge in [-0.1, -0.05) is 48.8 Å². The molecule has 0 spiro atoms. The Hall–Kier alpha value is -1.48. The SMILES string of the molecule is CC(C)c1nc([C@@H]2CN(S(=O)(=O)Cc3ccccc3Cl)CCO2)no1. The molecule has 0 radical (unpaired) electrons. The number of nitrogens with zero attached hydrogens (tertiary/aromatic N) is 3. The van der Waals surface area contributed by atoms with Gasteiger partial charge >= 0.3 is 0 Å². The second-order valence-electron chi connectivity index (χ2n) is 6.21. The maximum Gasteiger partial charge on any atom is 0.229 e. The van der Waals surface area contributed by atoms with Crippen LogP contribution in [0.4, 0.5) is 0 Å². The number of halogens is 1. The van der Waals surface area contributed by atoms with Crippen molar-refractivity contribution in [1.29, 1.82) is 0 Å². The Morgan fingerprint density at radius 1 is 1.36 bits per heavy atom. The number of aromatic nitrogens is 2. The Labute approximate surface area is 152 Å². The van der Waals surface area contributed by atoms with Gasteiger partial charge < -0.3 is 9.26 Å². The van der Waals surface area contributed by atoms with E-state index in [1.54, 1.807) is 24.3 Å². The summed E-state index contributed by atoms with van der Waals surface area (Å²) in [7, 11) is -3.53. The first kappa shape index (κ1) is 18.3. The van der Waals surface area contributed by atoms with Crippen molar-refractivity contribution in [1.82, 2.24) is 14.4 Å². The van der Waals surface area contributed by atoms with Crippen LogP contribution in [0.3, 0.4) is 0 Å². The fourth-order valence-corrected chi connectivity index (χ4v) is 4.37. The van der Waals surface area contributed by atoms with Crippen LogP contribution in [0.1, 0.15) is 43.1 Å². The number of hydrogen-bond acceptors (Lipinski definition) is 6. The number of hydrogen-bond donors (Lipinski definition) is 0. The smallest absolute Gasteiger partial charge is 0.229 e. The van der Waals surface area contributed by atoms with Crippen LogP contribution < -0.4 is 0 Å². The summed E-state index contributed by atoms with van der Waals surface area (Å²) in [4.78, 5) is 4.30. The van der Waals surface area contributed by atoms with Gasteiger partial charge in [0.05, 0.1) is 12.4 Å². The quantitative estimate of drug-likeness (QED) is 0.786. The third-order valence-corrected chi connectivity index (χ3v) is 6.12. The summed E-state index contributed by atoms with van der Waals surface area (Å²) in [6, 6.07) is 6.94. The number of sulfonamides is 1. The van der Waals surface area contributed by atoms with E-state index in [1.807, 2.05) is 13.8 Å². The van der Waals surface area contributed by atoms with Crippen LogP contribution in [0, 0.1) is 0 Å². The van der Waals surface area contributed by atoms with Crippen molar-refractivity contribution in [3.63, 3.8) is 0 Å². The molecule has 3 rings (SSSR count). The Morgan fingerprint density at radius 3 is 2.80 bits per heavy atom. The van der Waals surface area contributed by atoms with Crippen molar-refractivity contribution in [2.75, 3.05) is 19.7 Å². The van der Waals surface area contributed by atoms with Crippen molar-refractivity contribution >= 4 is 21.6 Å². The normalized spacial score (nSPS) is 19.4. The molecule has 0 aliphatic carbocycles. The summed E-state index contributed by atoms with van der Waals surface area (Å²) in [6.45, 7) is 4.61. The van der Waals surface area contributed by atoms with Gasteiger partial charge in [-0.05, 0) is 11.6 Å². The summed E-state index contributed by atoms with van der Waals surface area (Å²) in [5.74, 6) is 0.837. The molecular weight excluding hydrogens is 366 g/mol. The molecule has 0 bridgehead atoms. The largest absolute Gasteiger partial charge is 0.367 e. The molecular formula is C16H20ClN3O4S. The maximum absolute atomic E-state index is 12.7. The lowest BCUT2D eigenvalue weighted by atomic mass is 10.2. The summed E-state index contributed by atoms with van der Waals surface area (Å²) in [5, 5.41) is 4.36. The minimum atomic E-state index is -3.53. The van der Waals surface area contributed by atoms with Gasteiger partial charge in [0.2, 0.25) is 21.7 Å². The standard InChI is InChI=1S/C16H20ClN3O4S/c1-11(2)16-18-15(19-24-16)14-9-20(7-8-23-14)25(21,22)10-12-5-3-4-6-13(12)17/h3-6,11,14H,7-10H2,1-2H3/t14-/m0/s1. The molecule has 0 saturated carbocycles. The fraction of sp³-hybridized carbons (Fsp3) is 0.500. The van der Waals surface area contributed by atoms with Gasteiger partial charge in [-0.15, -0.1) is 0 Å². The summed E-state index contributed by atoms with van der Waals surface area (Å²) in [5.41, 5.74) is 0.578. The Morgan fingerprint density at radius 2 is 2.12 bits per heavy atom. The third-order valence-electron chi connectivity index (χ3n) is 3.96. The van der Waals surface area contributed by atoms with Gasteiger partial charge in [0.1, 0.15) is 6.10 Å². The minimum Gasteiger partial charge on any atom is -0.367 e. The summed E-state index contributed by atoms with van der Waals surface area (Å²) >= 11 is 6.09. The number of rotatable bonds is 5. The first-order valence-corrected chi connectivity index (χ1v) is 10.0. The number of ether oxygens (including phenoxy) is 1.